The van der Waals surface area contributed by atoms with Gasteiger partial charge in [-0.15, -0.1) is 0 Å². The first-order valence-corrected chi connectivity index (χ1v) is 7.55. The summed E-state index contributed by atoms with van der Waals surface area (Å²) in [5, 5.41) is 8.49. The third-order valence-electron chi connectivity index (χ3n) is 2.84. The molecule has 1 N–H and O–H groups in total. The van der Waals surface area contributed by atoms with Crippen LogP contribution in [0.5, 0.6) is 5.75 Å². The number of carbonyl (C=O) groups is 1. The van der Waals surface area contributed by atoms with Crippen LogP contribution < -0.4 is 9.04 Å². The fraction of sp³-hybridized carbons (Fsp3) is 0.417. The predicted octanol–water partition coefficient (Wildman–Crippen LogP) is 1.08. The van der Waals surface area contributed by atoms with Crippen molar-refractivity contribution in [3.8, 4) is 5.75 Å². The molecule has 0 saturated carbocycles. The van der Waals surface area contributed by atoms with Gasteiger partial charge in [0.05, 0.1) is 11.4 Å². The molecule has 0 bridgehead atoms. The molecule has 19 heavy (non-hydrogen) atoms. The van der Waals surface area contributed by atoms with Crippen molar-refractivity contribution in [3.63, 3.8) is 0 Å². The minimum atomic E-state index is -3.22. The van der Waals surface area contributed by atoms with Crippen molar-refractivity contribution >= 4 is 21.7 Å². The zero-order valence-corrected chi connectivity index (χ0v) is 11.1. The lowest BCUT2D eigenvalue weighted by molar-refractivity contribution is -0.139. The Morgan fingerprint density at radius 2 is 1.95 bits per heavy atom. The van der Waals surface area contributed by atoms with Crippen LogP contribution in [0.25, 0.3) is 0 Å². The molecule has 1 fully saturated rings. The number of hydrogen-bond donors (Lipinski definition) is 1. The average Bonchev–Trinajstić information content (AvgIpc) is 2.37. The van der Waals surface area contributed by atoms with Gasteiger partial charge in [-0.1, -0.05) is 0 Å². The molecule has 1 aromatic carbocycles. The van der Waals surface area contributed by atoms with E-state index in [-0.39, 0.29) is 5.75 Å². The van der Waals surface area contributed by atoms with Gasteiger partial charge in [0.1, 0.15) is 5.75 Å². The zero-order chi connectivity index (χ0) is 13.9. The molecule has 0 unspecified atom stereocenters. The van der Waals surface area contributed by atoms with Crippen LogP contribution >= 0.6 is 0 Å². The van der Waals surface area contributed by atoms with Gasteiger partial charge in [0.2, 0.25) is 10.0 Å². The van der Waals surface area contributed by atoms with E-state index < -0.39 is 22.6 Å². The highest BCUT2D eigenvalue weighted by atomic mass is 32.2. The van der Waals surface area contributed by atoms with Crippen LogP contribution in [-0.4, -0.2) is 38.4 Å². The Bertz CT molecular complexity index is 552. The van der Waals surface area contributed by atoms with Gasteiger partial charge in [0.15, 0.2) is 6.61 Å². The van der Waals surface area contributed by atoms with Crippen molar-refractivity contribution in [1.29, 1.82) is 0 Å². The van der Waals surface area contributed by atoms with Gasteiger partial charge in [0.25, 0.3) is 0 Å². The summed E-state index contributed by atoms with van der Waals surface area (Å²) in [6.45, 7) is 0.0685. The molecule has 1 aromatic rings. The van der Waals surface area contributed by atoms with Crippen molar-refractivity contribution in [3.05, 3.63) is 24.3 Å². The Morgan fingerprint density at radius 1 is 1.26 bits per heavy atom. The summed E-state index contributed by atoms with van der Waals surface area (Å²) in [5.41, 5.74) is 0.586. The number of nitrogens with zero attached hydrogens (tertiary/aromatic N) is 1. The molecule has 104 valence electrons. The first-order chi connectivity index (χ1) is 8.99. The number of carboxylic acid groups (broad SMARTS) is 1. The molecule has 1 aliphatic heterocycles. The maximum absolute atomic E-state index is 11.9. The minimum absolute atomic E-state index is 0.171. The van der Waals surface area contributed by atoms with Crippen molar-refractivity contribution in [2.45, 2.75) is 12.8 Å². The lowest BCUT2D eigenvalue weighted by atomic mass is 10.2. The van der Waals surface area contributed by atoms with Crippen molar-refractivity contribution < 1.29 is 23.1 Å². The Labute approximate surface area is 111 Å². The molecule has 1 saturated heterocycles. The van der Waals surface area contributed by atoms with E-state index in [1.165, 1.54) is 4.31 Å². The molecule has 1 aliphatic rings. The van der Waals surface area contributed by atoms with E-state index in [1.807, 2.05) is 0 Å². The van der Waals surface area contributed by atoms with Crippen LogP contribution in [0.2, 0.25) is 0 Å². The molecule has 0 amide bonds. The molecule has 6 nitrogen and oxygen atoms in total. The van der Waals surface area contributed by atoms with Crippen LogP contribution in [0.4, 0.5) is 5.69 Å². The second kappa shape index (κ2) is 5.48. The zero-order valence-electron chi connectivity index (χ0n) is 10.3. The number of ether oxygens (including phenoxy) is 1. The van der Waals surface area contributed by atoms with E-state index in [0.717, 1.165) is 6.42 Å². The highest BCUT2D eigenvalue weighted by Gasteiger charge is 2.25. The number of anilines is 1. The number of aliphatic carboxylic acids is 1. The Morgan fingerprint density at radius 3 is 2.53 bits per heavy atom. The van der Waals surface area contributed by atoms with E-state index in [1.54, 1.807) is 24.3 Å². The van der Waals surface area contributed by atoms with E-state index in [4.69, 9.17) is 9.84 Å². The van der Waals surface area contributed by atoms with E-state index in [9.17, 15) is 13.2 Å². The quantitative estimate of drug-likeness (QED) is 0.895. The van der Waals surface area contributed by atoms with Gasteiger partial charge in [-0.2, -0.15) is 0 Å². The van der Waals surface area contributed by atoms with Gasteiger partial charge >= 0.3 is 5.97 Å². The van der Waals surface area contributed by atoms with E-state index in [2.05, 4.69) is 0 Å². The second-order valence-corrected chi connectivity index (χ2v) is 6.28. The fourth-order valence-corrected chi connectivity index (χ4v) is 3.57. The lowest BCUT2D eigenvalue weighted by Gasteiger charge is -2.28. The highest BCUT2D eigenvalue weighted by molar-refractivity contribution is 7.92. The van der Waals surface area contributed by atoms with E-state index in [0.29, 0.717) is 24.4 Å². The molecule has 0 atom stereocenters. The molecule has 7 heteroatoms. The van der Waals surface area contributed by atoms with Crippen LogP contribution in [0.15, 0.2) is 24.3 Å². The number of sulfonamides is 1. The first-order valence-electron chi connectivity index (χ1n) is 5.94. The standard InChI is InChI=1S/C12H15NO5S/c14-12(15)9-18-11-5-3-10(4-6-11)13-7-1-2-8-19(13,16)17/h3-6H,1-2,7-9H2,(H,14,15). The number of rotatable bonds is 4. The molecule has 0 spiro atoms. The molecule has 0 aliphatic carbocycles. The Hall–Kier alpha value is -1.76. The minimum Gasteiger partial charge on any atom is -0.482 e. The summed E-state index contributed by atoms with van der Waals surface area (Å²) in [7, 11) is -3.22. The van der Waals surface area contributed by atoms with Crippen LogP contribution in [0.3, 0.4) is 0 Å². The van der Waals surface area contributed by atoms with Crippen LogP contribution in [0.1, 0.15) is 12.8 Å². The largest absolute Gasteiger partial charge is 0.482 e. The smallest absolute Gasteiger partial charge is 0.341 e. The van der Waals surface area contributed by atoms with Crippen molar-refractivity contribution in [2.75, 3.05) is 23.2 Å². The number of carboxylic acids is 1. The van der Waals surface area contributed by atoms with Gasteiger partial charge in [-0.3, -0.25) is 4.31 Å². The van der Waals surface area contributed by atoms with Crippen molar-refractivity contribution in [2.24, 2.45) is 0 Å². The summed E-state index contributed by atoms with van der Waals surface area (Å²) < 4.78 is 30.2. The molecule has 2 rings (SSSR count). The molecular weight excluding hydrogens is 270 g/mol. The lowest BCUT2D eigenvalue weighted by Crippen LogP contribution is -2.37. The summed E-state index contributed by atoms with van der Waals surface area (Å²) in [5.74, 6) is -0.479. The third kappa shape index (κ3) is 3.37. The van der Waals surface area contributed by atoms with Gasteiger partial charge in [-0.05, 0) is 37.1 Å². The third-order valence-corrected chi connectivity index (χ3v) is 4.71. The fourth-order valence-electron chi connectivity index (χ4n) is 1.93. The summed E-state index contributed by atoms with van der Waals surface area (Å²) in [4.78, 5) is 10.4. The predicted molar refractivity (Wildman–Crippen MR) is 69.9 cm³/mol. The Balaban J connectivity index is 2.11. The second-order valence-electron chi connectivity index (χ2n) is 4.27. The summed E-state index contributed by atoms with van der Waals surface area (Å²) in [6.07, 6.45) is 1.54. The topological polar surface area (TPSA) is 83.9 Å². The van der Waals surface area contributed by atoms with E-state index >= 15 is 0 Å². The summed E-state index contributed by atoms with van der Waals surface area (Å²) in [6, 6.07) is 6.39. The van der Waals surface area contributed by atoms with Crippen molar-refractivity contribution in [1.82, 2.24) is 0 Å². The monoisotopic (exact) mass is 285 g/mol. The maximum Gasteiger partial charge on any atom is 0.341 e. The van der Waals surface area contributed by atoms with Gasteiger partial charge < -0.3 is 9.84 Å². The molecule has 0 aromatic heterocycles. The molecular formula is C12H15NO5S. The molecule has 0 radical (unpaired) electrons. The van der Waals surface area contributed by atoms with Crippen LogP contribution in [-0.2, 0) is 14.8 Å². The number of hydrogen-bond acceptors (Lipinski definition) is 4. The SMILES string of the molecule is O=C(O)COc1ccc(N2CCCCS2(=O)=O)cc1. The summed E-state index contributed by atoms with van der Waals surface area (Å²) >= 11 is 0. The average molecular weight is 285 g/mol. The highest BCUT2D eigenvalue weighted by Crippen LogP contribution is 2.25. The van der Waals surface area contributed by atoms with Crippen LogP contribution in [0, 0.1) is 0 Å². The first kappa shape index (κ1) is 13.7. The maximum atomic E-state index is 11.9. The van der Waals surface area contributed by atoms with Gasteiger partial charge in [0, 0.05) is 6.54 Å². The Kier molecular flexibility index (Phi) is 3.94. The van der Waals surface area contributed by atoms with Gasteiger partial charge in [-0.25, -0.2) is 13.2 Å². The molecule has 1 heterocycles. The normalized spacial score (nSPS) is 18.0. The number of benzene rings is 1.